The number of hydrazone groups is 1. The van der Waals surface area contributed by atoms with E-state index in [4.69, 9.17) is 4.74 Å². The lowest BCUT2D eigenvalue weighted by atomic mass is 9.98. The van der Waals surface area contributed by atoms with Gasteiger partial charge in [0.2, 0.25) is 5.95 Å². The summed E-state index contributed by atoms with van der Waals surface area (Å²) in [6.07, 6.45) is 2.09. The number of nitrogens with one attached hydrogen (secondary N) is 2. The Hall–Kier alpha value is -4.71. The highest BCUT2D eigenvalue weighted by Crippen LogP contribution is 2.37. The van der Waals surface area contributed by atoms with Gasteiger partial charge in [0, 0.05) is 24.5 Å². The summed E-state index contributed by atoms with van der Waals surface area (Å²) in [5, 5.41) is 17.0. The Kier molecular flexibility index (Phi) is 9.58. The normalized spacial score (nSPS) is 14.5. The smallest absolute Gasteiger partial charge is 0.417 e. The Labute approximate surface area is 240 Å². The molecule has 0 unspecified atom stereocenters. The lowest BCUT2D eigenvalue weighted by Gasteiger charge is -2.27. The van der Waals surface area contributed by atoms with Crippen LogP contribution in [0, 0.1) is 12.7 Å². The van der Waals surface area contributed by atoms with Crippen LogP contribution in [0.2, 0.25) is 0 Å². The first kappa shape index (κ1) is 30.3. The molecule has 8 nitrogen and oxygen atoms in total. The fourth-order valence-electron chi connectivity index (χ4n) is 4.25. The molecule has 12 heteroatoms. The number of morpholine rings is 1. The predicted octanol–water partition coefficient (Wildman–Crippen LogP) is 7.00. The summed E-state index contributed by atoms with van der Waals surface area (Å²) in [7, 11) is 0. The van der Waals surface area contributed by atoms with Gasteiger partial charge in [-0.15, -0.1) is 0 Å². The number of hydrogen-bond donors (Lipinski definition) is 3. The van der Waals surface area contributed by atoms with E-state index in [0.717, 1.165) is 23.4 Å². The first-order valence-corrected chi connectivity index (χ1v) is 13.0. The van der Waals surface area contributed by atoms with E-state index in [1.54, 1.807) is 42.3 Å². The molecule has 42 heavy (non-hydrogen) atoms. The zero-order valence-corrected chi connectivity index (χ0v) is 23.0. The summed E-state index contributed by atoms with van der Waals surface area (Å²) in [6.45, 7) is 9.21. The molecule has 3 aromatic rings. The summed E-state index contributed by atoms with van der Waals surface area (Å²) < 4.78 is 61.2. The largest absolute Gasteiger partial charge is 0.508 e. The van der Waals surface area contributed by atoms with E-state index < -0.39 is 17.6 Å². The molecule has 0 aliphatic carbocycles. The fraction of sp³-hybridized carbons (Fsp3) is 0.233. The Balaban J connectivity index is 1.47. The monoisotopic (exact) mass is 582 g/mol. The second-order valence-corrected chi connectivity index (χ2v) is 9.38. The molecule has 2 heterocycles. The van der Waals surface area contributed by atoms with Gasteiger partial charge in [0.15, 0.2) is 11.6 Å². The van der Waals surface area contributed by atoms with Crippen molar-refractivity contribution in [1.82, 2.24) is 9.97 Å². The number of rotatable bonds is 9. The number of aromatic nitrogens is 2. The SMILES string of the molecule is C=C(/C=C(O)\C=C/C)c1ccc(Nc2ccc(/C=N/Nc3ncc(F)c(N4CCOCC4)n3)c(C)c2)cc1C(F)(F)F. The number of halogens is 4. The van der Waals surface area contributed by atoms with Gasteiger partial charge in [-0.3, -0.25) is 0 Å². The molecule has 1 fully saturated rings. The fourth-order valence-corrected chi connectivity index (χ4v) is 4.25. The molecule has 0 saturated carbocycles. The minimum atomic E-state index is -4.64. The Morgan fingerprint density at radius 3 is 2.55 bits per heavy atom. The number of anilines is 4. The number of alkyl halides is 3. The molecule has 1 aromatic heterocycles. The van der Waals surface area contributed by atoms with Gasteiger partial charge in [0.05, 0.1) is 31.2 Å². The topological polar surface area (TPSA) is 94.9 Å². The van der Waals surface area contributed by atoms with Gasteiger partial charge in [-0.25, -0.2) is 14.8 Å². The van der Waals surface area contributed by atoms with E-state index in [2.05, 4.69) is 32.4 Å². The Morgan fingerprint density at radius 2 is 1.86 bits per heavy atom. The Morgan fingerprint density at radius 1 is 1.14 bits per heavy atom. The van der Waals surface area contributed by atoms with Gasteiger partial charge < -0.3 is 20.1 Å². The first-order chi connectivity index (χ1) is 20.0. The summed E-state index contributed by atoms with van der Waals surface area (Å²) in [5.41, 5.74) is 4.05. The summed E-state index contributed by atoms with van der Waals surface area (Å²) in [5.74, 6) is -0.431. The number of hydrogen-bond acceptors (Lipinski definition) is 8. The van der Waals surface area contributed by atoms with Crippen LogP contribution in [0.15, 0.2) is 78.3 Å². The third-order valence-electron chi connectivity index (χ3n) is 6.29. The predicted molar refractivity (Wildman–Crippen MR) is 157 cm³/mol. The molecular formula is C30H30F4N6O2. The van der Waals surface area contributed by atoms with E-state index in [-0.39, 0.29) is 34.3 Å². The van der Waals surface area contributed by atoms with Crippen LogP contribution in [-0.2, 0) is 10.9 Å². The van der Waals surface area contributed by atoms with Crippen LogP contribution in [-0.4, -0.2) is 47.6 Å². The molecule has 3 N–H and O–H groups in total. The van der Waals surface area contributed by atoms with Gasteiger partial charge in [-0.2, -0.15) is 23.3 Å². The zero-order valence-electron chi connectivity index (χ0n) is 23.0. The van der Waals surface area contributed by atoms with E-state index in [0.29, 0.717) is 32.0 Å². The number of nitrogens with zero attached hydrogens (tertiary/aromatic N) is 4. The van der Waals surface area contributed by atoms with Crippen molar-refractivity contribution in [3.8, 4) is 0 Å². The van der Waals surface area contributed by atoms with Crippen molar-refractivity contribution in [2.24, 2.45) is 5.10 Å². The van der Waals surface area contributed by atoms with Crippen molar-refractivity contribution < 1.29 is 27.4 Å². The molecule has 4 rings (SSSR count). The van der Waals surface area contributed by atoms with Gasteiger partial charge in [-0.05, 0) is 72.5 Å². The quantitative estimate of drug-likeness (QED) is 0.0822. The number of aliphatic hydroxyl groups excluding tert-OH is 1. The maximum atomic E-state index is 14.2. The lowest BCUT2D eigenvalue weighted by Crippen LogP contribution is -2.37. The van der Waals surface area contributed by atoms with Crippen molar-refractivity contribution in [2.75, 3.05) is 41.9 Å². The lowest BCUT2D eigenvalue weighted by molar-refractivity contribution is -0.137. The number of allylic oxidation sites excluding steroid dienone is 4. The van der Waals surface area contributed by atoms with Crippen LogP contribution < -0.4 is 15.6 Å². The van der Waals surface area contributed by atoms with Crippen molar-refractivity contribution in [3.63, 3.8) is 0 Å². The van der Waals surface area contributed by atoms with E-state index in [1.807, 2.05) is 6.92 Å². The number of benzene rings is 2. The maximum absolute atomic E-state index is 14.2. The van der Waals surface area contributed by atoms with Crippen LogP contribution in [0.1, 0.15) is 29.2 Å². The molecule has 1 saturated heterocycles. The van der Waals surface area contributed by atoms with E-state index >= 15 is 0 Å². The van der Waals surface area contributed by atoms with Crippen molar-refractivity contribution >= 4 is 34.9 Å². The molecule has 0 atom stereocenters. The second-order valence-electron chi connectivity index (χ2n) is 9.38. The second kappa shape index (κ2) is 13.3. The molecule has 0 radical (unpaired) electrons. The van der Waals surface area contributed by atoms with Crippen molar-refractivity contribution in [2.45, 2.75) is 20.0 Å². The third kappa shape index (κ3) is 7.72. The van der Waals surface area contributed by atoms with Gasteiger partial charge in [-0.1, -0.05) is 24.8 Å². The number of ether oxygens (including phenoxy) is 1. The summed E-state index contributed by atoms with van der Waals surface area (Å²) >= 11 is 0. The molecule has 1 aliphatic heterocycles. The highest BCUT2D eigenvalue weighted by atomic mass is 19.4. The van der Waals surface area contributed by atoms with Gasteiger partial charge in [0.1, 0.15) is 5.76 Å². The molecular weight excluding hydrogens is 552 g/mol. The third-order valence-corrected chi connectivity index (χ3v) is 6.29. The molecule has 220 valence electrons. The van der Waals surface area contributed by atoms with Crippen LogP contribution in [0.25, 0.3) is 5.57 Å². The van der Waals surface area contributed by atoms with Crippen molar-refractivity contribution in [1.29, 1.82) is 0 Å². The van der Waals surface area contributed by atoms with Crippen LogP contribution >= 0.6 is 0 Å². The average Bonchev–Trinajstić information content (AvgIpc) is 2.95. The van der Waals surface area contributed by atoms with E-state index in [1.165, 1.54) is 24.3 Å². The van der Waals surface area contributed by atoms with Crippen LogP contribution in [0.3, 0.4) is 0 Å². The standard InChI is InChI=1S/C30H30F4N6O2/c1-4-5-24(41)15-20(3)25-9-8-23(16-26(25)30(32,33)34)37-22-7-6-21(19(2)14-22)17-36-39-29-35-18-27(31)28(38-29)40-10-12-42-13-11-40/h4-9,14-18,37,41H,3,10-13H2,1-2H3,(H,35,38,39)/b5-4-,24-15+,36-17+. The first-order valence-electron chi connectivity index (χ1n) is 13.0. The molecule has 0 bridgehead atoms. The zero-order chi connectivity index (χ0) is 30.3. The minimum Gasteiger partial charge on any atom is -0.508 e. The minimum absolute atomic E-state index is 0.0286. The number of aryl methyl sites for hydroxylation is 1. The molecule has 0 amide bonds. The highest BCUT2D eigenvalue weighted by molar-refractivity contribution is 5.83. The average molecular weight is 583 g/mol. The number of aliphatic hydroxyl groups is 1. The van der Waals surface area contributed by atoms with E-state index in [9.17, 15) is 22.7 Å². The molecule has 0 spiro atoms. The van der Waals surface area contributed by atoms with Crippen molar-refractivity contribution in [3.05, 3.63) is 101 Å². The molecule has 2 aromatic carbocycles. The van der Waals surface area contributed by atoms with Crippen LogP contribution in [0.4, 0.5) is 40.7 Å². The summed E-state index contributed by atoms with van der Waals surface area (Å²) in [4.78, 5) is 9.93. The summed E-state index contributed by atoms with van der Waals surface area (Å²) in [6, 6.07) is 9.06. The highest BCUT2D eigenvalue weighted by Gasteiger charge is 2.34. The van der Waals surface area contributed by atoms with Gasteiger partial charge >= 0.3 is 6.18 Å². The molecule has 1 aliphatic rings. The van der Waals surface area contributed by atoms with Gasteiger partial charge in [0.25, 0.3) is 0 Å². The van der Waals surface area contributed by atoms with Crippen LogP contribution in [0.5, 0.6) is 0 Å². The Bertz CT molecular complexity index is 1530. The maximum Gasteiger partial charge on any atom is 0.417 e.